The Hall–Kier alpha value is -2.32. The maximum Gasteiger partial charge on any atom is 0.513 e. The molecule has 0 N–H and O–H groups in total. The van der Waals surface area contributed by atoms with Crippen LogP contribution in [0, 0.1) is 16.0 Å². The molecule has 0 amide bonds. The summed E-state index contributed by atoms with van der Waals surface area (Å²) in [7, 11) is 0. The molecule has 0 heterocycles. The summed E-state index contributed by atoms with van der Waals surface area (Å²) in [5, 5.41) is 10.4. The molecule has 0 bridgehead atoms. The molecule has 6 nitrogen and oxygen atoms in total. The van der Waals surface area contributed by atoms with Gasteiger partial charge in [0, 0.05) is 18.6 Å². The lowest BCUT2D eigenvalue weighted by atomic mass is 10.1. The van der Waals surface area contributed by atoms with Crippen LogP contribution in [-0.4, -0.2) is 23.9 Å². The second kappa shape index (κ2) is 6.91. The minimum Gasteiger partial charge on any atom is -0.434 e. The topological polar surface area (TPSA) is 78.7 Å². The van der Waals surface area contributed by atoms with Gasteiger partial charge >= 0.3 is 12.3 Å². The molecule has 0 saturated heterocycles. The molecular formula is C12H12F3NO5. The Balaban J connectivity index is 2.41. The number of nitro groups is 1. The van der Waals surface area contributed by atoms with Crippen molar-refractivity contribution in [2.75, 3.05) is 6.61 Å². The quantitative estimate of drug-likeness (QED) is 0.359. The number of halogens is 3. The number of non-ortho nitro benzene ring substituents is 1. The van der Waals surface area contributed by atoms with Gasteiger partial charge in [-0.25, -0.2) is 4.79 Å². The lowest BCUT2D eigenvalue weighted by Gasteiger charge is -2.13. The first-order chi connectivity index (χ1) is 9.67. The fraction of sp³-hybridized carbons (Fsp3) is 0.417. The van der Waals surface area contributed by atoms with E-state index in [1.165, 1.54) is 19.1 Å². The van der Waals surface area contributed by atoms with Crippen molar-refractivity contribution in [2.24, 2.45) is 5.92 Å². The smallest absolute Gasteiger partial charge is 0.434 e. The van der Waals surface area contributed by atoms with Gasteiger partial charge in [-0.1, -0.05) is 6.92 Å². The summed E-state index contributed by atoms with van der Waals surface area (Å²) >= 11 is 0. The second-order valence-corrected chi connectivity index (χ2v) is 4.34. The van der Waals surface area contributed by atoms with Gasteiger partial charge in [0.25, 0.3) is 5.69 Å². The van der Waals surface area contributed by atoms with Gasteiger partial charge < -0.3 is 9.47 Å². The molecule has 1 unspecified atom stereocenters. The van der Waals surface area contributed by atoms with E-state index >= 15 is 0 Å². The highest BCUT2D eigenvalue weighted by Gasteiger charge is 2.30. The number of alkyl halides is 3. The van der Waals surface area contributed by atoms with E-state index in [1.54, 1.807) is 0 Å². The van der Waals surface area contributed by atoms with Gasteiger partial charge in [0.05, 0.1) is 11.5 Å². The average molecular weight is 307 g/mol. The monoisotopic (exact) mass is 307 g/mol. The number of hydrogen-bond acceptors (Lipinski definition) is 5. The highest BCUT2D eigenvalue weighted by molar-refractivity contribution is 5.63. The zero-order chi connectivity index (χ0) is 16.0. The SMILES string of the molecule is CC(COC(=O)Oc1ccc([N+](=O)[O-])cc1)CC(F)(F)F. The number of carbonyl (C=O) groups excluding carboxylic acids is 1. The van der Waals surface area contributed by atoms with Crippen LogP contribution in [0.15, 0.2) is 24.3 Å². The van der Waals surface area contributed by atoms with Crippen molar-refractivity contribution in [1.82, 2.24) is 0 Å². The Bertz CT molecular complexity index is 501. The van der Waals surface area contributed by atoms with E-state index in [-0.39, 0.29) is 11.4 Å². The van der Waals surface area contributed by atoms with Gasteiger partial charge in [0.2, 0.25) is 0 Å². The van der Waals surface area contributed by atoms with Crippen LogP contribution in [0.5, 0.6) is 5.75 Å². The van der Waals surface area contributed by atoms with Gasteiger partial charge in [0.15, 0.2) is 0 Å². The van der Waals surface area contributed by atoms with Gasteiger partial charge in [-0.2, -0.15) is 13.2 Å². The first-order valence-corrected chi connectivity index (χ1v) is 5.83. The van der Waals surface area contributed by atoms with Crippen LogP contribution in [0.4, 0.5) is 23.7 Å². The summed E-state index contributed by atoms with van der Waals surface area (Å²) in [6.07, 6.45) is -6.57. The highest BCUT2D eigenvalue weighted by atomic mass is 19.4. The lowest BCUT2D eigenvalue weighted by molar-refractivity contribution is -0.384. The molecule has 1 atom stereocenters. The number of ether oxygens (including phenoxy) is 2. The van der Waals surface area contributed by atoms with Crippen LogP contribution < -0.4 is 4.74 Å². The molecule has 0 radical (unpaired) electrons. The van der Waals surface area contributed by atoms with Crippen molar-refractivity contribution in [3.63, 3.8) is 0 Å². The van der Waals surface area contributed by atoms with E-state index in [0.29, 0.717) is 0 Å². The summed E-state index contributed by atoms with van der Waals surface area (Å²) in [6, 6.07) is 4.60. The third kappa shape index (κ3) is 6.59. The normalized spacial score (nSPS) is 12.6. The number of hydrogen-bond donors (Lipinski definition) is 0. The van der Waals surface area contributed by atoms with Crippen LogP contribution in [0.1, 0.15) is 13.3 Å². The highest BCUT2D eigenvalue weighted by Crippen LogP contribution is 2.24. The summed E-state index contributed by atoms with van der Waals surface area (Å²) in [5.41, 5.74) is -0.186. The Morgan fingerprint density at radius 3 is 2.38 bits per heavy atom. The van der Waals surface area contributed by atoms with Crippen molar-refractivity contribution in [1.29, 1.82) is 0 Å². The number of nitro benzene ring substituents is 1. The van der Waals surface area contributed by atoms with Crippen LogP contribution in [-0.2, 0) is 4.74 Å². The minimum atomic E-state index is -4.33. The summed E-state index contributed by atoms with van der Waals surface area (Å²) in [5.74, 6) is -0.900. The zero-order valence-electron chi connectivity index (χ0n) is 10.9. The van der Waals surface area contributed by atoms with Gasteiger partial charge in [0.1, 0.15) is 5.75 Å². The third-order valence-electron chi connectivity index (χ3n) is 2.31. The summed E-state index contributed by atoms with van der Waals surface area (Å²) in [4.78, 5) is 21.0. The Kier molecular flexibility index (Phi) is 5.51. The molecule has 0 aliphatic rings. The molecule has 0 spiro atoms. The number of rotatable bonds is 5. The Labute approximate surface area is 117 Å². The Morgan fingerprint density at radius 1 is 1.33 bits per heavy atom. The number of benzene rings is 1. The first kappa shape index (κ1) is 16.7. The molecule has 0 fully saturated rings. The van der Waals surface area contributed by atoms with Crippen molar-refractivity contribution in [3.8, 4) is 5.75 Å². The van der Waals surface area contributed by atoms with E-state index in [0.717, 1.165) is 12.1 Å². The fourth-order valence-electron chi connectivity index (χ4n) is 1.43. The standard InChI is InChI=1S/C12H12F3NO5/c1-8(6-12(13,14)15)7-20-11(17)21-10-4-2-9(3-5-10)16(18)19/h2-5,8H,6-7H2,1H3. The first-order valence-electron chi connectivity index (χ1n) is 5.83. The lowest BCUT2D eigenvalue weighted by Crippen LogP contribution is -2.20. The molecule has 116 valence electrons. The molecule has 0 saturated carbocycles. The van der Waals surface area contributed by atoms with Crippen LogP contribution in [0.3, 0.4) is 0 Å². The van der Waals surface area contributed by atoms with Crippen molar-refractivity contribution >= 4 is 11.8 Å². The van der Waals surface area contributed by atoms with Crippen LogP contribution >= 0.6 is 0 Å². The molecule has 0 aromatic heterocycles. The third-order valence-corrected chi connectivity index (χ3v) is 2.31. The summed E-state index contributed by atoms with van der Waals surface area (Å²) in [6.45, 7) is 0.845. The van der Waals surface area contributed by atoms with Gasteiger partial charge in [-0.15, -0.1) is 0 Å². The molecule has 21 heavy (non-hydrogen) atoms. The van der Waals surface area contributed by atoms with E-state index in [2.05, 4.69) is 9.47 Å². The van der Waals surface area contributed by atoms with Crippen molar-refractivity contribution < 1.29 is 32.4 Å². The molecule has 1 aromatic carbocycles. The maximum absolute atomic E-state index is 12.1. The van der Waals surface area contributed by atoms with E-state index < -0.39 is 36.2 Å². The van der Waals surface area contributed by atoms with Crippen molar-refractivity contribution in [3.05, 3.63) is 34.4 Å². The predicted octanol–water partition coefficient (Wildman–Crippen LogP) is 3.70. The maximum atomic E-state index is 12.1. The molecule has 9 heteroatoms. The Morgan fingerprint density at radius 2 is 1.90 bits per heavy atom. The zero-order valence-corrected chi connectivity index (χ0v) is 10.9. The summed E-state index contributed by atoms with van der Waals surface area (Å²) < 4.78 is 45.4. The van der Waals surface area contributed by atoms with Gasteiger partial charge in [-0.3, -0.25) is 10.1 Å². The number of carbonyl (C=O) groups is 1. The predicted molar refractivity (Wildman–Crippen MR) is 64.9 cm³/mol. The van der Waals surface area contributed by atoms with E-state index in [4.69, 9.17) is 0 Å². The van der Waals surface area contributed by atoms with Gasteiger partial charge in [-0.05, 0) is 18.1 Å². The van der Waals surface area contributed by atoms with Crippen molar-refractivity contribution in [2.45, 2.75) is 19.5 Å². The van der Waals surface area contributed by atoms with Crippen LogP contribution in [0.25, 0.3) is 0 Å². The molecular weight excluding hydrogens is 295 g/mol. The molecule has 1 aromatic rings. The largest absolute Gasteiger partial charge is 0.513 e. The molecule has 1 rings (SSSR count). The number of nitrogens with zero attached hydrogens (tertiary/aromatic N) is 1. The average Bonchev–Trinajstić information content (AvgIpc) is 2.35. The minimum absolute atomic E-state index is 0.00549. The fourth-order valence-corrected chi connectivity index (χ4v) is 1.43. The van der Waals surface area contributed by atoms with Crippen LogP contribution in [0.2, 0.25) is 0 Å². The van der Waals surface area contributed by atoms with E-state index in [9.17, 15) is 28.1 Å². The van der Waals surface area contributed by atoms with E-state index in [1.807, 2.05) is 0 Å². The molecule has 0 aliphatic heterocycles. The second-order valence-electron chi connectivity index (χ2n) is 4.34. The molecule has 0 aliphatic carbocycles.